The van der Waals surface area contributed by atoms with Crippen LogP contribution in [0.3, 0.4) is 0 Å². The van der Waals surface area contributed by atoms with E-state index in [2.05, 4.69) is 63.2 Å². The molecule has 1 nitrogen and oxygen atoms in total. The number of halogens is 1. The summed E-state index contributed by atoms with van der Waals surface area (Å²) < 4.78 is 5.93. The Balaban J connectivity index is 1.85. The first-order chi connectivity index (χ1) is 9.96. The number of rotatable bonds is 3. The van der Waals surface area contributed by atoms with Gasteiger partial charge in [-0.15, -0.1) is 11.6 Å². The molecule has 0 spiro atoms. The summed E-state index contributed by atoms with van der Waals surface area (Å²) in [6.45, 7) is 6.43. The SMILES string of the molecule is CC(c1ccccc1)C(Cl)c1ccc2c(c1)CC(C)(C)O2. The van der Waals surface area contributed by atoms with Crippen LogP contribution in [0.25, 0.3) is 0 Å². The average Bonchev–Trinajstić information content (AvgIpc) is 2.79. The molecule has 0 bridgehead atoms. The third-order valence-corrected chi connectivity index (χ3v) is 4.80. The van der Waals surface area contributed by atoms with Gasteiger partial charge in [-0.3, -0.25) is 0 Å². The molecule has 1 aliphatic rings. The van der Waals surface area contributed by atoms with Crippen molar-refractivity contribution in [3.63, 3.8) is 0 Å². The maximum Gasteiger partial charge on any atom is 0.123 e. The molecule has 0 fully saturated rings. The zero-order valence-corrected chi connectivity index (χ0v) is 13.5. The van der Waals surface area contributed by atoms with Crippen molar-refractivity contribution in [1.82, 2.24) is 0 Å². The smallest absolute Gasteiger partial charge is 0.123 e. The third-order valence-electron chi connectivity index (χ3n) is 4.17. The van der Waals surface area contributed by atoms with E-state index in [9.17, 15) is 0 Å². The number of hydrogen-bond donors (Lipinski definition) is 0. The Hall–Kier alpha value is -1.47. The Morgan fingerprint density at radius 1 is 1.05 bits per heavy atom. The van der Waals surface area contributed by atoms with Gasteiger partial charge >= 0.3 is 0 Å². The maximum absolute atomic E-state index is 6.72. The van der Waals surface area contributed by atoms with Crippen LogP contribution in [-0.4, -0.2) is 5.60 Å². The summed E-state index contributed by atoms with van der Waals surface area (Å²) in [5, 5.41) is -0.0265. The highest BCUT2D eigenvalue weighted by Crippen LogP contribution is 2.41. The van der Waals surface area contributed by atoms with E-state index in [-0.39, 0.29) is 16.9 Å². The first-order valence-corrected chi connectivity index (χ1v) is 7.91. The first kappa shape index (κ1) is 14.5. The van der Waals surface area contributed by atoms with Crippen molar-refractivity contribution >= 4 is 11.6 Å². The van der Waals surface area contributed by atoms with Crippen molar-refractivity contribution < 1.29 is 4.74 Å². The van der Waals surface area contributed by atoms with Gasteiger partial charge in [0.1, 0.15) is 11.4 Å². The van der Waals surface area contributed by atoms with Gasteiger partial charge in [0.2, 0.25) is 0 Å². The number of benzene rings is 2. The zero-order valence-electron chi connectivity index (χ0n) is 12.8. The molecule has 3 rings (SSSR count). The lowest BCUT2D eigenvalue weighted by atomic mass is 9.91. The fraction of sp³-hybridized carbons (Fsp3) is 0.368. The normalized spacial score (nSPS) is 18.7. The van der Waals surface area contributed by atoms with Crippen LogP contribution in [0.4, 0.5) is 0 Å². The second-order valence-electron chi connectivity index (χ2n) is 6.51. The molecule has 2 aromatic carbocycles. The van der Waals surface area contributed by atoms with Gasteiger partial charge < -0.3 is 4.74 Å². The van der Waals surface area contributed by atoms with Gasteiger partial charge in [-0.25, -0.2) is 0 Å². The van der Waals surface area contributed by atoms with Crippen molar-refractivity contribution in [2.45, 2.75) is 44.1 Å². The molecule has 0 N–H and O–H groups in total. The predicted molar refractivity (Wildman–Crippen MR) is 88.3 cm³/mol. The second-order valence-corrected chi connectivity index (χ2v) is 6.98. The van der Waals surface area contributed by atoms with E-state index >= 15 is 0 Å². The minimum Gasteiger partial charge on any atom is -0.487 e. The molecule has 0 saturated heterocycles. The Morgan fingerprint density at radius 2 is 1.76 bits per heavy atom. The van der Waals surface area contributed by atoms with Crippen LogP contribution < -0.4 is 4.74 Å². The lowest BCUT2D eigenvalue weighted by molar-refractivity contribution is 0.138. The maximum atomic E-state index is 6.72. The van der Waals surface area contributed by atoms with Crippen molar-refractivity contribution in [2.24, 2.45) is 0 Å². The average molecular weight is 301 g/mol. The van der Waals surface area contributed by atoms with Crippen LogP contribution in [0, 0.1) is 0 Å². The number of ether oxygens (including phenoxy) is 1. The van der Waals surface area contributed by atoms with E-state index in [1.165, 1.54) is 16.7 Å². The molecule has 110 valence electrons. The summed E-state index contributed by atoms with van der Waals surface area (Å²) in [5.74, 6) is 1.28. The van der Waals surface area contributed by atoms with E-state index < -0.39 is 0 Å². The summed E-state index contributed by atoms with van der Waals surface area (Å²) in [6, 6.07) is 16.8. The van der Waals surface area contributed by atoms with E-state index in [1.54, 1.807) is 0 Å². The lowest BCUT2D eigenvalue weighted by Gasteiger charge is -2.19. The van der Waals surface area contributed by atoms with Gasteiger partial charge in [-0.05, 0) is 36.6 Å². The molecule has 0 aromatic heterocycles. The molecular weight excluding hydrogens is 280 g/mol. The summed E-state index contributed by atoms with van der Waals surface area (Å²) in [7, 11) is 0. The number of fused-ring (bicyclic) bond motifs is 1. The molecule has 2 aromatic rings. The highest BCUT2D eigenvalue weighted by Gasteiger charge is 2.30. The molecule has 21 heavy (non-hydrogen) atoms. The van der Waals surface area contributed by atoms with Crippen LogP contribution in [0.5, 0.6) is 5.75 Å². The molecule has 1 aliphatic heterocycles. The predicted octanol–water partition coefficient (Wildman–Crippen LogP) is 5.48. The van der Waals surface area contributed by atoms with Gasteiger partial charge in [0.25, 0.3) is 0 Å². The quantitative estimate of drug-likeness (QED) is 0.682. The van der Waals surface area contributed by atoms with Crippen LogP contribution in [0.2, 0.25) is 0 Å². The third kappa shape index (κ3) is 2.94. The van der Waals surface area contributed by atoms with Crippen LogP contribution in [0.15, 0.2) is 48.5 Å². The Morgan fingerprint density at radius 3 is 2.48 bits per heavy atom. The van der Waals surface area contributed by atoms with Gasteiger partial charge in [0.05, 0.1) is 5.38 Å². The van der Waals surface area contributed by atoms with Crippen LogP contribution in [0.1, 0.15) is 48.8 Å². The Bertz CT molecular complexity index is 633. The lowest BCUT2D eigenvalue weighted by Crippen LogP contribution is -2.24. The molecule has 1 heterocycles. The molecular formula is C19H21ClO. The summed E-state index contributed by atoms with van der Waals surface area (Å²) in [6.07, 6.45) is 0.944. The van der Waals surface area contributed by atoms with E-state index in [0.29, 0.717) is 0 Å². The fourth-order valence-corrected chi connectivity index (χ4v) is 3.30. The van der Waals surface area contributed by atoms with Crippen molar-refractivity contribution in [2.75, 3.05) is 0 Å². The molecule has 0 aliphatic carbocycles. The first-order valence-electron chi connectivity index (χ1n) is 7.47. The zero-order chi connectivity index (χ0) is 15.0. The highest BCUT2D eigenvalue weighted by atomic mass is 35.5. The highest BCUT2D eigenvalue weighted by molar-refractivity contribution is 6.21. The monoisotopic (exact) mass is 300 g/mol. The molecule has 2 heteroatoms. The molecule has 0 radical (unpaired) electrons. The van der Waals surface area contributed by atoms with Crippen LogP contribution in [-0.2, 0) is 6.42 Å². The fourth-order valence-electron chi connectivity index (χ4n) is 3.02. The molecule has 0 amide bonds. The van der Waals surface area contributed by atoms with Gasteiger partial charge in [-0.1, -0.05) is 49.4 Å². The van der Waals surface area contributed by atoms with Gasteiger partial charge in [0, 0.05) is 12.3 Å². The standard InChI is InChI=1S/C19H21ClO/c1-13(14-7-5-4-6-8-14)18(20)15-9-10-17-16(11-15)12-19(2,3)21-17/h4-11,13,18H,12H2,1-3H3. The van der Waals surface area contributed by atoms with Crippen molar-refractivity contribution in [1.29, 1.82) is 0 Å². The summed E-state index contributed by atoms with van der Waals surface area (Å²) in [4.78, 5) is 0. The van der Waals surface area contributed by atoms with Crippen molar-refractivity contribution in [3.8, 4) is 5.75 Å². The largest absolute Gasteiger partial charge is 0.487 e. The second kappa shape index (κ2) is 5.38. The minimum absolute atomic E-state index is 0.0265. The Labute approximate surface area is 131 Å². The van der Waals surface area contributed by atoms with Crippen molar-refractivity contribution in [3.05, 3.63) is 65.2 Å². The molecule has 0 saturated carbocycles. The Kier molecular flexibility index (Phi) is 3.71. The number of hydrogen-bond acceptors (Lipinski definition) is 1. The van der Waals surface area contributed by atoms with E-state index in [0.717, 1.165) is 12.2 Å². The van der Waals surface area contributed by atoms with E-state index in [4.69, 9.17) is 16.3 Å². The van der Waals surface area contributed by atoms with Gasteiger partial charge in [-0.2, -0.15) is 0 Å². The topological polar surface area (TPSA) is 9.23 Å². The number of alkyl halides is 1. The van der Waals surface area contributed by atoms with Gasteiger partial charge in [0.15, 0.2) is 0 Å². The molecule has 2 unspecified atom stereocenters. The van der Waals surface area contributed by atoms with E-state index in [1.807, 2.05) is 6.07 Å². The molecule has 2 atom stereocenters. The van der Waals surface area contributed by atoms with Crippen LogP contribution >= 0.6 is 11.6 Å². The summed E-state index contributed by atoms with van der Waals surface area (Å²) >= 11 is 6.72. The minimum atomic E-state index is -0.103. The summed E-state index contributed by atoms with van der Waals surface area (Å²) in [5.41, 5.74) is 3.61.